The van der Waals surface area contributed by atoms with Crippen molar-refractivity contribution in [2.24, 2.45) is 5.92 Å². The second-order valence-corrected chi connectivity index (χ2v) is 9.33. The van der Waals surface area contributed by atoms with Gasteiger partial charge < -0.3 is 4.90 Å². The average Bonchev–Trinajstić information content (AvgIpc) is 2.69. The molecular formula is C22H31N5O. The predicted molar refractivity (Wildman–Crippen MR) is 111 cm³/mol. The van der Waals surface area contributed by atoms with E-state index in [1.54, 1.807) is 17.0 Å². The summed E-state index contributed by atoms with van der Waals surface area (Å²) < 4.78 is 1.77. The maximum Gasteiger partial charge on any atom is 0.253 e. The molecule has 1 fully saturated rings. The van der Waals surface area contributed by atoms with Gasteiger partial charge in [-0.15, -0.1) is 5.10 Å². The standard InChI is InChI=1S/C22H31N5O/c1-22(2,3)19-13-21(28)27(15-23-19)14-16-8-10-26(11-9-16)20-12-17-6-4-5-7-18(17)24-25-20/h12-13,15-16H,4-11,14H2,1-3H3. The molecule has 28 heavy (non-hydrogen) atoms. The van der Waals surface area contributed by atoms with E-state index in [2.05, 4.69) is 46.9 Å². The van der Waals surface area contributed by atoms with Crippen molar-refractivity contribution in [1.82, 2.24) is 19.7 Å². The van der Waals surface area contributed by atoms with Crippen LogP contribution in [-0.4, -0.2) is 32.8 Å². The lowest BCUT2D eigenvalue weighted by Crippen LogP contribution is -2.37. The quantitative estimate of drug-likeness (QED) is 0.817. The maximum absolute atomic E-state index is 12.5. The van der Waals surface area contributed by atoms with Crippen LogP contribution in [-0.2, 0) is 24.8 Å². The normalized spacial score (nSPS) is 18.2. The molecule has 6 nitrogen and oxygen atoms in total. The van der Waals surface area contributed by atoms with Gasteiger partial charge in [0, 0.05) is 31.1 Å². The van der Waals surface area contributed by atoms with Crippen LogP contribution in [0.15, 0.2) is 23.3 Å². The Kier molecular flexibility index (Phi) is 5.21. The van der Waals surface area contributed by atoms with Crippen molar-refractivity contribution in [3.8, 4) is 0 Å². The molecule has 0 atom stereocenters. The number of piperidine rings is 1. The van der Waals surface area contributed by atoms with E-state index in [4.69, 9.17) is 0 Å². The SMILES string of the molecule is CC(C)(C)c1cc(=O)n(CC2CCN(c3cc4c(nn3)CCCC4)CC2)cn1. The van der Waals surface area contributed by atoms with Crippen molar-refractivity contribution in [2.75, 3.05) is 18.0 Å². The molecule has 4 rings (SSSR count). The zero-order valence-corrected chi connectivity index (χ0v) is 17.3. The fraction of sp³-hybridized carbons (Fsp3) is 0.636. The van der Waals surface area contributed by atoms with Gasteiger partial charge in [0.2, 0.25) is 0 Å². The number of rotatable bonds is 3. The highest BCUT2D eigenvalue weighted by Crippen LogP contribution is 2.26. The Morgan fingerprint density at radius 2 is 1.82 bits per heavy atom. The Morgan fingerprint density at radius 1 is 1.07 bits per heavy atom. The first-order valence-corrected chi connectivity index (χ1v) is 10.6. The van der Waals surface area contributed by atoms with Gasteiger partial charge >= 0.3 is 0 Å². The molecule has 0 amide bonds. The summed E-state index contributed by atoms with van der Waals surface area (Å²) in [6.45, 7) is 8.94. The van der Waals surface area contributed by atoms with Gasteiger partial charge in [0.15, 0.2) is 5.82 Å². The molecule has 150 valence electrons. The summed E-state index contributed by atoms with van der Waals surface area (Å²) >= 11 is 0. The van der Waals surface area contributed by atoms with Crippen molar-refractivity contribution < 1.29 is 0 Å². The molecule has 0 aromatic carbocycles. The molecule has 1 saturated heterocycles. The summed E-state index contributed by atoms with van der Waals surface area (Å²) in [7, 11) is 0. The first-order valence-electron chi connectivity index (χ1n) is 10.6. The number of fused-ring (bicyclic) bond motifs is 1. The zero-order chi connectivity index (χ0) is 19.7. The van der Waals surface area contributed by atoms with E-state index in [0.717, 1.165) is 56.8 Å². The van der Waals surface area contributed by atoms with Crippen molar-refractivity contribution in [3.63, 3.8) is 0 Å². The third-order valence-corrected chi connectivity index (χ3v) is 6.10. The van der Waals surface area contributed by atoms with Gasteiger partial charge in [0.05, 0.1) is 17.7 Å². The van der Waals surface area contributed by atoms with Crippen LogP contribution >= 0.6 is 0 Å². The van der Waals surface area contributed by atoms with Crippen LogP contribution < -0.4 is 10.5 Å². The van der Waals surface area contributed by atoms with Crippen LogP contribution in [0.2, 0.25) is 0 Å². The van der Waals surface area contributed by atoms with Gasteiger partial charge in [-0.25, -0.2) is 4.98 Å². The monoisotopic (exact) mass is 381 g/mol. The van der Waals surface area contributed by atoms with Gasteiger partial charge in [-0.2, -0.15) is 5.10 Å². The Hall–Kier alpha value is -2.24. The van der Waals surface area contributed by atoms with Crippen LogP contribution in [0.4, 0.5) is 5.82 Å². The molecule has 0 radical (unpaired) electrons. The lowest BCUT2D eigenvalue weighted by molar-refractivity contribution is 0.348. The molecular weight excluding hydrogens is 350 g/mol. The number of anilines is 1. The molecule has 0 saturated carbocycles. The fourth-order valence-corrected chi connectivity index (χ4v) is 4.23. The minimum Gasteiger partial charge on any atom is -0.355 e. The summed E-state index contributed by atoms with van der Waals surface area (Å²) in [5.41, 5.74) is 3.39. The number of aryl methyl sites for hydroxylation is 2. The summed E-state index contributed by atoms with van der Waals surface area (Å²) in [5.74, 6) is 1.52. The van der Waals surface area contributed by atoms with Crippen LogP contribution in [0.25, 0.3) is 0 Å². The van der Waals surface area contributed by atoms with E-state index in [0.29, 0.717) is 5.92 Å². The highest BCUT2D eigenvalue weighted by atomic mass is 16.1. The fourth-order valence-electron chi connectivity index (χ4n) is 4.23. The Labute approximate surface area is 167 Å². The van der Waals surface area contributed by atoms with Gasteiger partial charge in [0.25, 0.3) is 5.56 Å². The van der Waals surface area contributed by atoms with Crippen molar-refractivity contribution in [3.05, 3.63) is 45.8 Å². The first kappa shape index (κ1) is 19.1. The molecule has 0 bridgehead atoms. The third kappa shape index (κ3) is 4.10. The second kappa shape index (κ2) is 7.64. The largest absolute Gasteiger partial charge is 0.355 e. The molecule has 2 aromatic rings. The third-order valence-electron chi connectivity index (χ3n) is 6.10. The minimum absolute atomic E-state index is 0.0582. The van der Waals surface area contributed by atoms with E-state index in [1.165, 1.54) is 24.1 Å². The predicted octanol–water partition coefficient (Wildman–Crippen LogP) is 3.13. The highest BCUT2D eigenvalue weighted by molar-refractivity contribution is 5.42. The van der Waals surface area contributed by atoms with Crippen LogP contribution in [0.3, 0.4) is 0 Å². The van der Waals surface area contributed by atoms with Crippen LogP contribution in [0.5, 0.6) is 0 Å². The number of hydrogen-bond acceptors (Lipinski definition) is 5. The summed E-state index contributed by atoms with van der Waals surface area (Å²) in [4.78, 5) is 19.3. The smallest absolute Gasteiger partial charge is 0.253 e. The zero-order valence-electron chi connectivity index (χ0n) is 17.3. The second-order valence-electron chi connectivity index (χ2n) is 9.33. The van der Waals surface area contributed by atoms with Crippen molar-refractivity contribution in [1.29, 1.82) is 0 Å². The van der Waals surface area contributed by atoms with E-state index < -0.39 is 0 Å². The van der Waals surface area contributed by atoms with Gasteiger partial charge in [0.1, 0.15) is 0 Å². The van der Waals surface area contributed by atoms with E-state index in [-0.39, 0.29) is 11.0 Å². The number of nitrogens with zero attached hydrogens (tertiary/aromatic N) is 5. The minimum atomic E-state index is -0.0977. The van der Waals surface area contributed by atoms with Crippen molar-refractivity contribution >= 4 is 5.82 Å². The topological polar surface area (TPSA) is 63.9 Å². The van der Waals surface area contributed by atoms with Gasteiger partial charge in [-0.05, 0) is 56.1 Å². The van der Waals surface area contributed by atoms with E-state index in [1.807, 2.05) is 0 Å². The number of aromatic nitrogens is 4. The van der Waals surface area contributed by atoms with E-state index in [9.17, 15) is 4.79 Å². The lowest BCUT2D eigenvalue weighted by atomic mass is 9.92. The first-order chi connectivity index (χ1) is 13.4. The molecule has 3 heterocycles. The molecule has 6 heteroatoms. The highest BCUT2D eigenvalue weighted by Gasteiger charge is 2.23. The molecule has 0 unspecified atom stereocenters. The molecule has 2 aromatic heterocycles. The molecule has 0 spiro atoms. The molecule has 2 aliphatic rings. The molecule has 1 aliphatic carbocycles. The van der Waals surface area contributed by atoms with Crippen molar-refractivity contribution in [2.45, 2.75) is 71.3 Å². The summed E-state index contributed by atoms with van der Waals surface area (Å²) in [6.07, 6.45) is 8.55. The van der Waals surface area contributed by atoms with Gasteiger partial charge in [-0.1, -0.05) is 20.8 Å². The molecule has 1 aliphatic heterocycles. The maximum atomic E-state index is 12.5. The number of hydrogen-bond donors (Lipinski definition) is 0. The summed E-state index contributed by atoms with van der Waals surface area (Å²) in [5, 5.41) is 8.96. The lowest BCUT2D eigenvalue weighted by Gasteiger charge is -2.33. The summed E-state index contributed by atoms with van der Waals surface area (Å²) in [6, 6.07) is 3.94. The molecule has 0 N–H and O–H groups in total. The van der Waals surface area contributed by atoms with Gasteiger partial charge in [-0.3, -0.25) is 9.36 Å². The van der Waals surface area contributed by atoms with Crippen LogP contribution in [0, 0.1) is 5.92 Å². The Morgan fingerprint density at radius 3 is 2.54 bits per heavy atom. The average molecular weight is 382 g/mol. The Balaban J connectivity index is 1.38. The Bertz CT molecular complexity index is 891. The van der Waals surface area contributed by atoms with E-state index >= 15 is 0 Å². The van der Waals surface area contributed by atoms with Crippen LogP contribution in [0.1, 0.15) is 63.4 Å².